The Balaban J connectivity index is 0.984. The third kappa shape index (κ3) is 5.07. The number of rotatable bonds is 4. The topological polar surface area (TPSA) is 8.17 Å². The number of nitrogens with zero attached hydrogens (tertiary/aromatic N) is 2. The van der Waals surface area contributed by atoms with Crippen LogP contribution in [0.25, 0.3) is 49.7 Å². The summed E-state index contributed by atoms with van der Waals surface area (Å²) < 4.78 is 2.54. The number of hydrogen-bond donors (Lipinski definition) is 0. The summed E-state index contributed by atoms with van der Waals surface area (Å²) in [7, 11) is 0. The molecule has 276 valence electrons. The molecule has 2 aliphatic rings. The molecule has 0 saturated carbocycles. The van der Waals surface area contributed by atoms with Crippen LogP contribution in [0.3, 0.4) is 0 Å². The number of anilines is 3. The summed E-state index contributed by atoms with van der Waals surface area (Å²) in [5.41, 5.74) is 19.5. The Bertz CT molecular complexity index is 3110. The Hall–Kier alpha value is -7.08. The lowest BCUT2D eigenvalue weighted by Crippen LogP contribution is -2.17. The summed E-state index contributed by atoms with van der Waals surface area (Å²) in [4.78, 5) is 2.28. The first-order valence-electron chi connectivity index (χ1n) is 20.3. The molecule has 1 aromatic heterocycles. The van der Waals surface area contributed by atoms with Gasteiger partial charge in [-0.3, -0.25) is 0 Å². The van der Waals surface area contributed by atoms with Crippen LogP contribution < -0.4 is 4.90 Å². The Kier molecular flexibility index (Phi) is 7.50. The molecule has 0 radical (unpaired) electrons. The maximum absolute atomic E-state index is 3.53. The van der Waals surface area contributed by atoms with Crippen LogP contribution in [0.4, 0.5) is 17.1 Å². The van der Waals surface area contributed by atoms with E-state index in [4.69, 9.17) is 0 Å². The smallest absolute Gasteiger partial charge is 0.0588 e. The molecule has 0 amide bonds. The highest BCUT2D eigenvalue weighted by molar-refractivity contribution is 6.13. The summed E-state index contributed by atoms with van der Waals surface area (Å²) in [6.45, 7) is 9.52. The first-order valence-corrected chi connectivity index (χ1v) is 20.3. The lowest BCUT2D eigenvalue weighted by molar-refractivity contribution is 0.659. The molecule has 2 aliphatic carbocycles. The normalized spacial score (nSPS) is 14.0. The van der Waals surface area contributed by atoms with Crippen LogP contribution in [0.15, 0.2) is 182 Å². The Labute approximate surface area is 340 Å². The molecule has 0 spiro atoms. The lowest BCUT2D eigenvalue weighted by Gasteiger charge is -2.25. The molecule has 0 fully saturated rings. The summed E-state index contributed by atoms with van der Waals surface area (Å²) in [5, 5.41) is 2.57. The standard InChI is InChI=1S/C56H42N2/c1-55(2)49-21-13-11-19-43(49)44-32-30-42(36-51(44)55)58-52-22-14-12-20-46(52)48-34-33-47-45-31-27-38(35-50(45)56(3,4)53(47)54(48)58)24-23-37-25-28-41(29-26-37)57(39-15-7-5-8-16-39)40-17-9-6-10-18-40/h5-22,25-36H,1-4H3. The molecule has 0 atom stereocenters. The predicted molar refractivity (Wildman–Crippen MR) is 243 cm³/mol. The number of para-hydroxylation sites is 3. The second-order valence-corrected chi connectivity index (χ2v) is 16.8. The van der Waals surface area contributed by atoms with Gasteiger partial charge in [-0.05, 0) is 123 Å². The predicted octanol–water partition coefficient (Wildman–Crippen LogP) is 14.3. The molecule has 2 nitrogen and oxygen atoms in total. The van der Waals surface area contributed by atoms with Gasteiger partial charge in [0.15, 0.2) is 0 Å². The molecule has 0 unspecified atom stereocenters. The maximum atomic E-state index is 3.53. The van der Waals surface area contributed by atoms with Gasteiger partial charge in [-0.2, -0.15) is 0 Å². The third-order valence-corrected chi connectivity index (χ3v) is 12.8. The van der Waals surface area contributed by atoms with Crippen LogP contribution in [-0.2, 0) is 10.8 Å². The van der Waals surface area contributed by atoms with E-state index in [1.165, 1.54) is 72.0 Å². The number of benzene rings is 8. The first kappa shape index (κ1) is 34.2. The summed E-state index contributed by atoms with van der Waals surface area (Å²) in [6, 6.07) is 66.1. The SMILES string of the molecule is CC1(C)c2ccccc2-c2ccc(-n3c4ccccc4c4ccc5c(c43)C(C)(C)c3cc(C#Cc4ccc(N(c6ccccc6)c6ccccc6)cc4)ccc3-5)cc21. The van der Waals surface area contributed by atoms with Crippen LogP contribution in [-0.4, -0.2) is 4.57 Å². The minimum absolute atomic E-state index is 0.0811. The van der Waals surface area contributed by atoms with Gasteiger partial charge in [-0.25, -0.2) is 0 Å². The molecular weight excluding hydrogens is 701 g/mol. The number of aromatic nitrogens is 1. The fourth-order valence-corrected chi connectivity index (χ4v) is 9.96. The fourth-order valence-electron chi connectivity index (χ4n) is 9.96. The van der Waals surface area contributed by atoms with Crippen molar-refractivity contribution < 1.29 is 0 Å². The fraction of sp³-hybridized carbons (Fsp3) is 0.107. The highest BCUT2D eigenvalue weighted by Crippen LogP contribution is 2.54. The van der Waals surface area contributed by atoms with Crippen LogP contribution >= 0.6 is 0 Å². The van der Waals surface area contributed by atoms with Crippen LogP contribution in [0.2, 0.25) is 0 Å². The van der Waals surface area contributed by atoms with E-state index < -0.39 is 0 Å². The van der Waals surface area contributed by atoms with Crippen molar-refractivity contribution in [2.45, 2.75) is 38.5 Å². The molecule has 0 saturated heterocycles. The average molecular weight is 743 g/mol. The van der Waals surface area contributed by atoms with E-state index in [1.807, 2.05) is 0 Å². The summed E-state index contributed by atoms with van der Waals surface area (Å²) >= 11 is 0. The number of fused-ring (bicyclic) bond motifs is 10. The monoisotopic (exact) mass is 742 g/mol. The van der Waals surface area contributed by atoms with Crippen LogP contribution in [0.5, 0.6) is 0 Å². The van der Waals surface area contributed by atoms with Gasteiger partial charge in [-0.1, -0.05) is 143 Å². The van der Waals surface area contributed by atoms with Gasteiger partial charge in [0.25, 0.3) is 0 Å². The minimum atomic E-state index is -0.250. The molecule has 9 aromatic rings. The van der Waals surface area contributed by atoms with Crippen molar-refractivity contribution in [3.63, 3.8) is 0 Å². The second kappa shape index (κ2) is 12.7. The van der Waals surface area contributed by atoms with Crippen molar-refractivity contribution in [3.05, 3.63) is 215 Å². The van der Waals surface area contributed by atoms with E-state index in [9.17, 15) is 0 Å². The van der Waals surface area contributed by atoms with Crippen molar-refractivity contribution in [2.24, 2.45) is 0 Å². The molecular formula is C56H42N2. The van der Waals surface area contributed by atoms with E-state index in [0.717, 1.165) is 28.2 Å². The van der Waals surface area contributed by atoms with Crippen molar-refractivity contribution >= 4 is 38.9 Å². The van der Waals surface area contributed by atoms with Gasteiger partial charge in [0.2, 0.25) is 0 Å². The zero-order valence-corrected chi connectivity index (χ0v) is 33.2. The highest BCUT2D eigenvalue weighted by atomic mass is 15.1. The van der Waals surface area contributed by atoms with E-state index in [1.54, 1.807) is 0 Å². The maximum Gasteiger partial charge on any atom is 0.0588 e. The van der Waals surface area contributed by atoms with Crippen LogP contribution in [0, 0.1) is 11.8 Å². The molecule has 58 heavy (non-hydrogen) atoms. The van der Waals surface area contributed by atoms with E-state index in [0.29, 0.717) is 0 Å². The lowest BCUT2D eigenvalue weighted by atomic mass is 9.81. The van der Waals surface area contributed by atoms with Crippen LogP contribution in [0.1, 0.15) is 61.1 Å². The van der Waals surface area contributed by atoms with Gasteiger partial charge in [0, 0.05) is 55.5 Å². The zero-order chi connectivity index (χ0) is 39.2. The molecule has 11 rings (SSSR count). The Morgan fingerprint density at radius 1 is 0.414 bits per heavy atom. The third-order valence-electron chi connectivity index (χ3n) is 12.8. The molecule has 0 aliphatic heterocycles. The van der Waals surface area contributed by atoms with Gasteiger partial charge < -0.3 is 9.47 Å². The van der Waals surface area contributed by atoms with E-state index in [-0.39, 0.29) is 10.8 Å². The number of hydrogen-bond acceptors (Lipinski definition) is 1. The van der Waals surface area contributed by atoms with Crippen molar-refractivity contribution in [3.8, 4) is 39.8 Å². The molecule has 0 bridgehead atoms. The largest absolute Gasteiger partial charge is 0.311 e. The zero-order valence-electron chi connectivity index (χ0n) is 33.2. The summed E-state index contributed by atoms with van der Waals surface area (Å²) in [5.74, 6) is 7.02. The van der Waals surface area contributed by atoms with Crippen molar-refractivity contribution in [2.75, 3.05) is 4.90 Å². The van der Waals surface area contributed by atoms with Gasteiger partial charge in [0.1, 0.15) is 0 Å². The van der Waals surface area contributed by atoms with Gasteiger partial charge in [-0.15, -0.1) is 0 Å². The van der Waals surface area contributed by atoms with Crippen molar-refractivity contribution in [1.29, 1.82) is 0 Å². The highest BCUT2D eigenvalue weighted by Gasteiger charge is 2.40. The molecule has 8 aromatic carbocycles. The quantitative estimate of drug-likeness (QED) is 0.163. The molecule has 2 heteroatoms. The van der Waals surface area contributed by atoms with Gasteiger partial charge >= 0.3 is 0 Å². The Morgan fingerprint density at radius 3 is 1.72 bits per heavy atom. The van der Waals surface area contributed by atoms with E-state index >= 15 is 0 Å². The van der Waals surface area contributed by atoms with Gasteiger partial charge in [0.05, 0.1) is 11.0 Å². The van der Waals surface area contributed by atoms with E-state index in [2.05, 4.69) is 231 Å². The molecule has 1 heterocycles. The first-order chi connectivity index (χ1) is 28.3. The minimum Gasteiger partial charge on any atom is -0.311 e. The Morgan fingerprint density at radius 2 is 0.966 bits per heavy atom. The summed E-state index contributed by atoms with van der Waals surface area (Å²) in [6.07, 6.45) is 0. The second-order valence-electron chi connectivity index (χ2n) is 16.8. The molecule has 0 N–H and O–H groups in total. The average Bonchev–Trinajstić information content (AvgIpc) is 3.80. The van der Waals surface area contributed by atoms with Crippen molar-refractivity contribution in [1.82, 2.24) is 4.57 Å².